The maximum Gasteiger partial charge on any atom is 0.243 e. The van der Waals surface area contributed by atoms with Crippen LogP contribution in [0.2, 0.25) is 10.0 Å². The molecule has 0 bridgehead atoms. The van der Waals surface area contributed by atoms with Crippen molar-refractivity contribution in [3.8, 4) is 5.75 Å². The van der Waals surface area contributed by atoms with E-state index in [0.29, 0.717) is 28.8 Å². The van der Waals surface area contributed by atoms with Crippen molar-refractivity contribution in [1.82, 2.24) is 10.2 Å². The molecule has 0 saturated heterocycles. The van der Waals surface area contributed by atoms with Gasteiger partial charge < -0.3 is 15.0 Å². The Hall–Kier alpha value is -2.24. The first-order valence-electron chi connectivity index (χ1n) is 10.5. The van der Waals surface area contributed by atoms with Crippen LogP contribution in [-0.2, 0) is 22.6 Å². The van der Waals surface area contributed by atoms with Crippen LogP contribution in [0.4, 0.5) is 0 Å². The van der Waals surface area contributed by atoms with Crippen LogP contribution >= 0.6 is 23.2 Å². The maximum absolute atomic E-state index is 13.4. The van der Waals surface area contributed by atoms with Gasteiger partial charge in [0.15, 0.2) is 0 Å². The van der Waals surface area contributed by atoms with Gasteiger partial charge in [-0.25, -0.2) is 0 Å². The van der Waals surface area contributed by atoms with E-state index in [0.717, 1.165) is 17.5 Å². The van der Waals surface area contributed by atoms with E-state index in [1.54, 1.807) is 30.2 Å². The molecule has 7 heteroatoms. The number of hydrogen-bond acceptors (Lipinski definition) is 3. The third-order valence-corrected chi connectivity index (χ3v) is 5.95. The highest BCUT2D eigenvalue weighted by atomic mass is 35.5. The molecule has 0 aliphatic carbocycles. The summed E-state index contributed by atoms with van der Waals surface area (Å²) in [4.78, 5) is 28.0. The van der Waals surface area contributed by atoms with Crippen LogP contribution in [0.5, 0.6) is 5.75 Å². The van der Waals surface area contributed by atoms with E-state index in [9.17, 15) is 9.59 Å². The van der Waals surface area contributed by atoms with E-state index in [1.807, 2.05) is 45.0 Å². The van der Waals surface area contributed by atoms with Crippen LogP contribution in [-0.4, -0.2) is 35.9 Å². The molecule has 2 aromatic carbocycles. The minimum atomic E-state index is -0.588. The lowest BCUT2D eigenvalue weighted by atomic mass is 10.1. The van der Waals surface area contributed by atoms with Crippen molar-refractivity contribution in [3.63, 3.8) is 0 Å². The third-order valence-electron chi connectivity index (χ3n) is 5.21. The SMILES string of the molecule is CC[C@@H](C)NC(=O)[C@H](CC)N(Cc1cccc(OC)c1)C(=O)Cc1ccc(Cl)c(Cl)c1. The van der Waals surface area contributed by atoms with E-state index in [1.165, 1.54) is 0 Å². The van der Waals surface area contributed by atoms with E-state index >= 15 is 0 Å². The first-order chi connectivity index (χ1) is 14.8. The molecule has 0 spiro atoms. The molecule has 168 valence electrons. The molecule has 2 amide bonds. The molecule has 1 N–H and O–H groups in total. The molecule has 2 atom stereocenters. The van der Waals surface area contributed by atoms with Crippen LogP contribution < -0.4 is 10.1 Å². The van der Waals surface area contributed by atoms with Crippen molar-refractivity contribution in [2.45, 2.75) is 58.7 Å². The average Bonchev–Trinajstić information content (AvgIpc) is 2.76. The number of benzene rings is 2. The Morgan fingerprint density at radius 2 is 1.77 bits per heavy atom. The minimum Gasteiger partial charge on any atom is -0.497 e. The van der Waals surface area contributed by atoms with E-state index in [4.69, 9.17) is 27.9 Å². The lowest BCUT2D eigenvalue weighted by molar-refractivity contribution is -0.141. The monoisotopic (exact) mass is 464 g/mol. The summed E-state index contributed by atoms with van der Waals surface area (Å²) in [5.41, 5.74) is 1.63. The van der Waals surface area contributed by atoms with Gasteiger partial charge in [-0.05, 0) is 55.2 Å². The summed E-state index contributed by atoms with van der Waals surface area (Å²) >= 11 is 12.1. The highest BCUT2D eigenvalue weighted by molar-refractivity contribution is 6.42. The molecule has 0 heterocycles. The van der Waals surface area contributed by atoms with Gasteiger partial charge in [0.05, 0.1) is 23.6 Å². The van der Waals surface area contributed by atoms with Gasteiger partial charge in [-0.15, -0.1) is 0 Å². The number of hydrogen-bond donors (Lipinski definition) is 1. The van der Waals surface area contributed by atoms with Gasteiger partial charge in [0.25, 0.3) is 0 Å². The summed E-state index contributed by atoms with van der Waals surface area (Å²) in [6.45, 7) is 6.17. The Morgan fingerprint density at radius 1 is 1.03 bits per heavy atom. The van der Waals surface area contributed by atoms with Crippen molar-refractivity contribution in [1.29, 1.82) is 0 Å². The van der Waals surface area contributed by atoms with Crippen LogP contribution in [0.25, 0.3) is 0 Å². The van der Waals surface area contributed by atoms with Crippen molar-refractivity contribution >= 4 is 35.0 Å². The zero-order valence-corrected chi connectivity index (χ0v) is 20.0. The van der Waals surface area contributed by atoms with Gasteiger partial charge in [-0.1, -0.05) is 55.2 Å². The van der Waals surface area contributed by atoms with Crippen molar-refractivity contribution in [3.05, 3.63) is 63.6 Å². The number of carbonyl (C=O) groups excluding carboxylic acids is 2. The number of carbonyl (C=O) groups is 2. The maximum atomic E-state index is 13.4. The summed E-state index contributed by atoms with van der Waals surface area (Å²) in [6.07, 6.45) is 1.43. The number of amides is 2. The molecule has 2 rings (SSSR count). The Labute approximate surface area is 194 Å². The molecule has 5 nitrogen and oxygen atoms in total. The molecular formula is C24H30Cl2N2O3. The predicted molar refractivity (Wildman–Crippen MR) is 126 cm³/mol. The second kappa shape index (κ2) is 12.0. The van der Waals surface area contributed by atoms with Crippen LogP contribution in [0, 0.1) is 0 Å². The zero-order chi connectivity index (χ0) is 23.0. The molecule has 0 unspecified atom stereocenters. The van der Waals surface area contributed by atoms with Crippen LogP contribution in [0.3, 0.4) is 0 Å². The van der Waals surface area contributed by atoms with Gasteiger partial charge in [0.2, 0.25) is 11.8 Å². The van der Waals surface area contributed by atoms with Gasteiger partial charge in [0.1, 0.15) is 11.8 Å². The quantitative estimate of drug-likeness (QED) is 0.520. The highest BCUT2D eigenvalue weighted by Crippen LogP contribution is 2.24. The molecule has 2 aromatic rings. The fourth-order valence-electron chi connectivity index (χ4n) is 3.25. The zero-order valence-electron chi connectivity index (χ0n) is 18.5. The van der Waals surface area contributed by atoms with E-state index in [-0.39, 0.29) is 24.3 Å². The molecular weight excluding hydrogens is 435 g/mol. The van der Waals surface area contributed by atoms with E-state index < -0.39 is 6.04 Å². The Kier molecular flexibility index (Phi) is 9.66. The summed E-state index contributed by atoms with van der Waals surface area (Å²) in [5, 5.41) is 3.84. The average molecular weight is 465 g/mol. The lowest BCUT2D eigenvalue weighted by Gasteiger charge is -2.31. The Bertz CT molecular complexity index is 904. The number of nitrogens with one attached hydrogen (secondary N) is 1. The Morgan fingerprint density at radius 3 is 2.39 bits per heavy atom. The van der Waals surface area contributed by atoms with Gasteiger partial charge >= 0.3 is 0 Å². The number of ether oxygens (including phenoxy) is 1. The highest BCUT2D eigenvalue weighted by Gasteiger charge is 2.29. The second-order valence-electron chi connectivity index (χ2n) is 7.54. The fraction of sp³-hybridized carbons (Fsp3) is 0.417. The molecule has 0 aliphatic heterocycles. The molecule has 0 aliphatic rings. The molecule has 0 radical (unpaired) electrons. The standard InChI is InChI=1S/C24H30Cl2N2O3/c1-5-16(3)27-24(30)22(6-2)28(15-18-8-7-9-19(12-18)31-4)23(29)14-17-10-11-20(25)21(26)13-17/h7-13,16,22H,5-6,14-15H2,1-4H3,(H,27,30)/t16-,22+/m1/s1. The predicted octanol–water partition coefficient (Wildman–Crippen LogP) is 5.27. The summed E-state index contributed by atoms with van der Waals surface area (Å²) in [5.74, 6) is 0.390. The van der Waals surface area contributed by atoms with Crippen molar-refractivity contribution in [2.24, 2.45) is 0 Å². The molecule has 0 fully saturated rings. The lowest BCUT2D eigenvalue weighted by Crippen LogP contribution is -2.51. The molecule has 31 heavy (non-hydrogen) atoms. The van der Waals surface area contributed by atoms with E-state index in [2.05, 4.69) is 5.32 Å². The number of rotatable bonds is 10. The van der Waals surface area contributed by atoms with Gasteiger partial charge in [-0.2, -0.15) is 0 Å². The molecule has 0 saturated carbocycles. The largest absolute Gasteiger partial charge is 0.497 e. The van der Waals surface area contributed by atoms with Crippen LogP contribution in [0.15, 0.2) is 42.5 Å². The smallest absolute Gasteiger partial charge is 0.243 e. The van der Waals surface area contributed by atoms with Gasteiger partial charge in [0, 0.05) is 12.6 Å². The normalized spacial score (nSPS) is 12.7. The number of halogens is 2. The first kappa shape index (κ1) is 25.0. The summed E-state index contributed by atoms with van der Waals surface area (Å²) in [6, 6.07) is 12.1. The molecule has 0 aromatic heterocycles. The second-order valence-corrected chi connectivity index (χ2v) is 8.35. The minimum absolute atomic E-state index is 0.0328. The number of methoxy groups -OCH3 is 1. The fourth-order valence-corrected chi connectivity index (χ4v) is 3.57. The number of nitrogens with zero attached hydrogens (tertiary/aromatic N) is 1. The summed E-state index contributed by atoms with van der Waals surface area (Å²) in [7, 11) is 1.60. The topological polar surface area (TPSA) is 58.6 Å². The van der Waals surface area contributed by atoms with Crippen molar-refractivity contribution in [2.75, 3.05) is 7.11 Å². The first-order valence-corrected chi connectivity index (χ1v) is 11.2. The third kappa shape index (κ3) is 7.15. The van der Waals surface area contributed by atoms with Crippen LogP contribution in [0.1, 0.15) is 44.7 Å². The van der Waals surface area contributed by atoms with Crippen molar-refractivity contribution < 1.29 is 14.3 Å². The Balaban J connectivity index is 2.33. The van der Waals surface area contributed by atoms with Gasteiger partial charge in [-0.3, -0.25) is 9.59 Å². The summed E-state index contributed by atoms with van der Waals surface area (Å²) < 4.78 is 5.31.